The molecule has 0 radical (unpaired) electrons. The van der Waals surface area contributed by atoms with Crippen LogP contribution in [0.3, 0.4) is 0 Å². The van der Waals surface area contributed by atoms with Gasteiger partial charge in [0.2, 0.25) is 0 Å². The Morgan fingerprint density at radius 1 is 1.00 bits per heavy atom. The lowest BCUT2D eigenvalue weighted by Crippen LogP contribution is -2.18. The van der Waals surface area contributed by atoms with Crippen LogP contribution in [0.2, 0.25) is 5.02 Å². The molecule has 3 aromatic rings. The van der Waals surface area contributed by atoms with E-state index < -0.39 is 0 Å². The van der Waals surface area contributed by atoms with Crippen LogP contribution >= 0.6 is 11.6 Å². The molecule has 0 aliphatic carbocycles. The van der Waals surface area contributed by atoms with Crippen LogP contribution in [0.25, 0.3) is 10.9 Å². The van der Waals surface area contributed by atoms with Crippen molar-refractivity contribution in [3.05, 3.63) is 65.4 Å². The zero-order valence-electron chi connectivity index (χ0n) is 11.1. The van der Waals surface area contributed by atoms with Gasteiger partial charge in [-0.15, -0.1) is 0 Å². The summed E-state index contributed by atoms with van der Waals surface area (Å²) < 4.78 is 0. The van der Waals surface area contributed by atoms with E-state index in [2.05, 4.69) is 27.0 Å². The maximum Gasteiger partial charge on any atom is 0.141 e. The Kier molecular flexibility index (Phi) is 3.52. The molecule has 20 heavy (non-hydrogen) atoms. The van der Waals surface area contributed by atoms with Crippen molar-refractivity contribution in [1.82, 2.24) is 9.97 Å². The predicted molar refractivity (Wildman–Crippen MR) is 83.1 cm³/mol. The number of aromatic nitrogens is 2. The molecule has 1 aromatic heterocycles. The third-order valence-corrected chi connectivity index (χ3v) is 3.53. The summed E-state index contributed by atoms with van der Waals surface area (Å²) in [5.74, 6) is 0.851. The average molecular weight is 284 g/mol. The van der Waals surface area contributed by atoms with Crippen LogP contribution in [0, 0.1) is 0 Å². The third kappa shape index (κ3) is 2.45. The second-order valence-corrected chi connectivity index (χ2v) is 5.08. The van der Waals surface area contributed by atoms with E-state index >= 15 is 0 Å². The molecule has 0 amide bonds. The van der Waals surface area contributed by atoms with Gasteiger partial charge >= 0.3 is 0 Å². The zero-order valence-corrected chi connectivity index (χ0v) is 11.9. The Balaban J connectivity index is 2.01. The van der Waals surface area contributed by atoms with Gasteiger partial charge in [-0.05, 0) is 17.7 Å². The van der Waals surface area contributed by atoms with Gasteiger partial charge in [0, 0.05) is 13.6 Å². The summed E-state index contributed by atoms with van der Waals surface area (Å²) in [5, 5.41) is 1.58. The predicted octanol–water partition coefficient (Wildman–Crippen LogP) is 3.92. The zero-order chi connectivity index (χ0) is 13.9. The smallest absolute Gasteiger partial charge is 0.141 e. The van der Waals surface area contributed by atoms with Gasteiger partial charge in [-0.1, -0.05) is 48.0 Å². The number of rotatable bonds is 3. The van der Waals surface area contributed by atoms with Crippen molar-refractivity contribution in [2.45, 2.75) is 6.54 Å². The number of fused-ring (bicyclic) bond motifs is 1. The number of halogens is 1. The van der Waals surface area contributed by atoms with Crippen LogP contribution in [0.4, 0.5) is 5.82 Å². The maximum absolute atomic E-state index is 6.30. The van der Waals surface area contributed by atoms with Gasteiger partial charge in [-0.2, -0.15) is 0 Å². The van der Waals surface area contributed by atoms with E-state index in [0.29, 0.717) is 5.02 Å². The van der Waals surface area contributed by atoms with Gasteiger partial charge in [-0.25, -0.2) is 9.97 Å². The van der Waals surface area contributed by atoms with Crippen molar-refractivity contribution in [1.29, 1.82) is 0 Å². The lowest BCUT2D eigenvalue weighted by atomic mass is 10.2. The topological polar surface area (TPSA) is 29.0 Å². The molecule has 0 aliphatic heterocycles. The average Bonchev–Trinajstić information content (AvgIpc) is 2.48. The molecule has 1 heterocycles. The molecule has 100 valence electrons. The second kappa shape index (κ2) is 5.47. The van der Waals surface area contributed by atoms with Crippen molar-refractivity contribution in [3.63, 3.8) is 0 Å². The fourth-order valence-electron chi connectivity index (χ4n) is 2.27. The summed E-state index contributed by atoms with van der Waals surface area (Å²) in [6, 6.07) is 16.0. The quantitative estimate of drug-likeness (QED) is 0.729. The molecule has 3 rings (SSSR count). The van der Waals surface area contributed by atoms with Gasteiger partial charge < -0.3 is 4.90 Å². The Labute approximate surface area is 122 Å². The molecule has 0 saturated heterocycles. The lowest BCUT2D eigenvalue weighted by molar-refractivity contribution is 0.900. The molecule has 0 atom stereocenters. The summed E-state index contributed by atoms with van der Waals surface area (Å²) in [6.07, 6.45) is 1.58. The van der Waals surface area contributed by atoms with Gasteiger partial charge in [-0.3, -0.25) is 0 Å². The van der Waals surface area contributed by atoms with Crippen LogP contribution in [0.15, 0.2) is 54.9 Å². The first-order valence-electron chi connectivity index (χ1n) is 6.40. The van der Waals surface area contributed by atoms with Crippen LogP contribution in [-0.2, 0) is 6.54 Å². The first-order valence-corrected chi connectivity index (χ1v) is 6.78. The lowest BCUT2D eigenvalue weighted by Gasteiger charge is -2.20. The van der Waals surface area contributed by atoms with Crippen LogP contribution in [0.5, 0.6) is 0 Å². The first kappa shape index (κ1) is 12.9. The standard InChI is InChI=1S/C16H14ClN3/c1-20(10-12-6-3-2-4-7-12)16-15-13(17)8-5-9-14(15)18-11-19-16/h2-9,11H,10H2,1H3. The fraction of sp³-hybridized carbons (Fsp3) is 0.125. The normalized spacial score (nSPS) is 10.7. The molecular weight excluding hydrogens is 270 g/mol. The molecule has 0 spiro atoms. The van der Waals surface area contributed by atoms with Gasteiger partial charge in [0.1, 0.15) is 12.1 Å². The third-order valence-electron chi connectivity index (χ3n) is 3.22. The summed E-state index contributed by atoms with van der Waals surface area (Å²) in [7, 11) is 2.01. The van der Waals surface area contributed by atoms with Crippen molar-refractivity contribution in [2.75, 3.05) is 11.9 Å². The minimum atomic E-state index is 0.679. The highest BCUT2D eigenvalue weighted by molar-refractivity contribution is 6.36. The van der Waals surface area contributed by atoms with Crippen molar-refractivity contribution in [2.24, 2.45) is 0 Å². The Hall–Kier alpha value is -2.13. The largest absolute Gasteiger partial charge is 0.355 e. The summed E-state index contributed by atoms with van der Waals surface area (Å²) >= 11 is 6.30. The SMILES string of the molecule is CN(Cc1ccccc1)c1ncnc2cccc(Cl)c12. The van der Waals surface area contributed by atoms with E-state index in [4.69, 9.17) is 11.6 Å². The molecular formula is C16H14ClN3. The van der Waals surface area contributed by atoms with Crippen LogP contribution in [-0.4, -0.2) is 17.0 Å². The number of hydrogen-bond acceptors (Lipinski definition) is 3. The van der Waals surface area contributed by atoms with Gasteiger partial charge in [0.05, 0.1) is 15.9 Å². The second-order valence-electron chi connectivity index (χ2n) is 4.67. The Bertz CT molecular complexity index is 723. The summed E-state index contributed by atoms with van der Waals surface area (Å²) in [6.45, 7) is 0.776. The minimum absolute atomic E-state index is 0.679. The van der Waals surface area contributed by atoms with Crippen molar-refractivity contribution < 1.29 is 0 Å². The molecule has 2 aromatic carbocycles. The molecule has 0 bridgehead atoms. The molecule has 4 heteroatoms. The Morgan fingerprint density at radius 2 is 1.80 bits per heavy atom. The highest BCUT2D eigenvalue weighted by Crippen LogP contribution is 2.29. The van der Waals surface area contributed by atoms with Crippen molar-refractivity contribution >= 4 is 28.3 Å². The molecule has 0 fully saturated rings. The van der Waals surface area contributed by atoms with Crippen LogP contribution < -0.4 is 4.90 Å². The van der Waals surface area contributed by atoms with E-state index in [9.17, 15) is 0 Å². The number of hydrogen-bond donors (Lipinski definition) is 0. The Morgan fingerprint density at radius 3 is 2.60 bits per heavy atom. The van der Waals surface area contributed by atoms with Crippen molar-refractivity contribution in [3.8, 4) is 0 Å². The number of benzene rings is 2. The molecule has 3 nitrogen and oxygen atoms in total. The summed E-state index contributed by atoms with van der Waals surface area (Å²) in [5.41, 5.74) is 2.09. The van der Waals surface area contributed by atoms with E-state index in [1.807, 2.05) is 43.4 Å². The molecule has 0 saturated carbocycles. The minimum Gasteiger partial charge on any atom is -0.355 e. The fourth-order valence-corrected chi connectivity index (χ4v) is 2.53. The monoisotopic (exact) mass is 283 g/mol. The maximum atomic E-state index is 6.30. The van der Waals surface area contributed by atoms with E-state index in [-0.39, 0.29) is 0 Å². The number of nitrogens with zero attached hydrogens (tertiary/aromatic N) is 3. The van der Waals surface area contributed by atoms with Crippen LogP contribution in [0.1, 0.15) is 5.56 Å². The summed E-state index contributed by atoms with van der Waals surface area (Å²) in [4.78, 5) is 10.8. The van der Waals surface area contributed by atoms with Gasteiger partial charge in [0.15, 0.2) is 0 Å². The highest BCUT2D eigenvalue weighted by Gasteiger charge is 2.11. The van der Waals surface area contributed by atoms with E-state index in [0.717, 1.165) is 23.3 Å². The highest BCUT2D eigenvalue weighted by atomic mass is 35.5. The molecule has 0 unspecified atom stereocenters. The first-order chi connectivity index (χ1) is 9.75. The molecule has 0 N–H and O–H groups in total. The van der Waals surface area contributed by atoms with E-state index in [1.54, 1.807) is 6.33 Å². The van der Waals surface area contributed by atoms with E-state index in [1.165, 1.54) is 5.56 Å². The molecule has 0 aliphatic rings. The number of anilines is 1. The van der Waals surface area contributed by atoms with Gasteiger partial charge in [0.25, 0.3) is 0 Å².